The van der Waals surface area contributed by atoms with E-state index in [1.807, 2.05) is 0 Å². The minimum atomic E-state index is -0.771. The molecule has 0 fully saturated rings. The molecule has 7 heteroatoms. The zero-order valence-corrected chi connectivity index (χ0v) is 10.2. The molecule has 0 N–H and O–H groups in total. The summed E-state index contributed by atoms with van der Waals surface area (Å²) in [6, 6.07) is 5.91. The van der Waals surface area contributed by atoms with Gasteiger partial charge >= 0.3 is 17.9 Å². The summed E-state index contributed by atoms with van der Waals surface area (Å²) in [5, 5.41) is 0. The number of carbonyl (C=O) groups is 2. The highest BCUT2D eigenvalue weighted by Gasteiger charge is 2.19. The van der Waals surface area contributed by atoms with Crippen molar-refractivity contribution >= 4 is 11.9 Å². The second-order valence-electron chi connectivity index (χ2n) is 3.43. The van der Waals surface area contributed by atoms with E-state index < -0.39 is 11.9 Å². The van der Waals surface area contributed by atoms with Gasteiger partial charge < -0.3 is 9.47 Å². The van der Waals surface area contributed by atoms with Crippen molar-refractivity contribution in [2.75, 3.05) is 0 Å². The van der Waals surface area contributed by atoms with Gasteiger partial charge in [0, 0.05) is 0 Å². The van der Waals surface area contributed by atoms with Gasteiger partial charge in [-0.15, -0.1) is 0 Å². The molecule has 0 unspecified atom stereocenters. The predicted octanol–water partition coefficient (Wildman–Crippen LogP) is 1.39. The molecule has 1 heterocycles. The van der Waals surface area contributed by atoms with Crippen LogP contribution in [0.2, 0.25) is 0 Å². The van der Waals surface area contributed by atoms with Gasteiger partial charge in [-0.05, 0) is 12.1 Å². The van der Waals surface area contributed by atoms with Crippen LogP contribution in [0.5, 0.6) is 6.01 Å². The van der Waals surface area contributed by atoms with Crippen LogP contribution in [-0.2, 0) is 4.74 Å². The first-order valence-electron chi connectivity index (χ1n) is 5.47. The topological polar surface area (TPSA) is 91.3 Å². The van der Waals surface area contributed by atoms with Gasteiger partial charge in [-0.3, -0.25) is 0 Å². The van der Waals surface area contributed by atoms with Gasteiger partial charge in [0.2, 0.25) is 0 Å². The lowest BCUT2D eigenvalue weighted by atomic mass is 10.1. The van der Waals surface area contributed by atoms with Crippen LogP contribution in [0.25, 0.3) is 0 Å². The van der Waals surface area contributed by atoms with Crippen molar-refractivity contribution in [2.45, 2.75) is 0 Å². The molecule has 20 heavy (non-hydrogen) atoms. The molecule has 0 aliphatic carbocycles. The second-order valence-corrected chi connectivity index (χ2v) is 3.43. The first-order valence-corrected chi connectivity index (χ1v) is 5.47. The zero-order valence-electron chi connectivity index (χ0n) is 10.2. The van der Waals surface area contributed by atoms with Crippen LogP contribution in [0.3, 0.4) is 0 Å². The smallest absolute Gasteiger partial charge is 0.346 e. The Morgan fingerprint density at radius 2 is 1.65 bits per heavy atom. The first kappa shape index (κ1) is 13.3. The molecule has 0 aliphatic heterocycles. The number of ether oxygens (including phenoxy) is 2. The van der Waals surface area contributed by atoms with Crippen LogP contribution >= 0.6 is 0 Å². The fraction of sp³-hybridized carbons (Fsp3) is 0. The molecule has 2 rings (SSSR count). The Bertz CT molecular complexity index is 643. The van der Waals surface area contributed by atoms with Gasteiger partial charge in [0.25, 0.3) is 0 Å². The van der Waals surface area contributed by atoms with Gasteiger partial charge in [0.05, 0.1) is 17.4 Å². The van der Waals surface area contributed by atoms with Gasteiger partial charge in [-0.25, -0.2) is 14.6 Å². The lowest BCUT2D eigenvalue weighted by Gasteiger charge is -2.06. The Balaban J connectivity index is 2.26. The largest absolute Gasteiger partial charge is 0.432 e. The molecule has 0 atom stereocenters. The summed E-state index contributed by atoms with van der Waals surface area (Å²) in [5.74, 6) is -1.48. The molecule has 2 aromatic rings. The van der Waals surface area contributed by atoms with Crippen LogP contribution in [0, 0.1) is 0 Å². The first-order chi connectivity index (χ1) is 9.72. The third-order valence-electron chi connectivity index (χ3n) is 2.21. The lowest BCUT2D eigenvalue weighted by Crippen LogP contribution is -2.15. The fourth-order valence-corrected chi connectivity index (χ4v) is 1.40. The Morgan fingerprint density at radius 3 is 2.25 bits per heavy atom. The van der Waals surface area contributed by atoms with E-state index in [9.17, 15) is 9.59 Å². The van der Waals surface area contributed by atoms with Gasteiger partial charge in [0.15, 0.2) is 0 Å². The third-order valence-corrected chi connectivity index (χ3v) is 2.21. The molecule has 0 saturated carbocycles. The summed E-state index contributed by atoms with van der Waals surface area (Å²) in [6.45, 7) is 3.28. The summed E-state index contributed by atoms with van der Waals surface area (Å²) >= 11 is 0. The summed E-state index contributed by atoms with van der Waals surface area (Å²) in [4.78, 5) is 34.6. The third kappa shape index (κ3) is 3.02. The number of rotatable bonds is 4. The minimum Gasteiger partial charge on any atom is -0.432 e. The molecule has 1 aromatic heterocycles. The van der Waals surface area contributed by atoms with Crippen molar-refractivity contribution < 1.29 is 19.1 Å². The second kappa shape index (κ2) is 6.19. The van der Waals surface area contributed by atoms with Gasteiger partial charge in [-0.1, -0.05) is 18.7 Å². The number of nitrogens with zero attached hydrogens (tertiary/aromatic N) is 3. The number of hydrogen-bond donors (Lipinski definition) is 0. The van der Waals surface area contributed by atoms with E-state index in [4.69, 9.17) is 4.74 Å². The summed E-state index contributed by atoms with van der Waals surface area (Å²) < 4.78 is 9.58. The van der Waals surface area contributed by atoms with Crippen molar-refractivity contribution in [1.29, 1.82) is 0 Å². The van der Waals surface area contributed by atoms with E-state index in [0.29, 0.717) is 0 Å². The van der Waals surface area contributed by atoms with Gasteiger partial charge in [0.1, 0.15) is 12.7 Å². The molecular formula is C13H9N3O4. The van der Waals surface area contributed by atoms with E-state index in [1.54, 1.807) is 12.1 Å². The Morgan fingerprint density at radius 1 is 1.05 bits per heavy atom. The average Bonchev–Trinajstić information content (AvgIpc) is 2.48. The molecule has 0 aliphatic rings. The standard InChI is InChI=1S/C13H9N3O4/c1-2-19-11(17)9-5-3-4-6-10(9)12(18)20-13-15-7-14-8-16-13/h2-8H,1H2. The van der Waals surface area contributed by atoms with E-state index in [-0.39, 0.29) is 17.1 Å². The molecule has 0 saturated heterocycles. The highest BCUT2D eigenvalue weighted by Crippen LogP contribution is 2.13. The van der Waals surface area contributed by atoms with E-state index in [2.05, 4.69) is 26.3 Å². The molecule has 0 bridgehead atoms. The number of benzene rings is 1. The maximum Gasteiger partial charge on any atom is 0.346 e. The fourth-order valence-electron chi connectivity index (χ4n) is 1.40. The lowest BCUT2D eigenvalue weighted by molar-refractivity contribution is 0.0639. The highest BCUT2D eigenvalue weighted by atomic mass is 16.5. The Hall–Kier alpha value is -3.09. The normalized spacial score (nSPS) is 9.60. The number of carbonyl (C=O) groups excluding carboxylic acids is 2. The monoisotopic (exact) mass is 271 g/mol. The number of hydrogen-bond acceptors (Lipinski definition) is 7. The maximum absolute atomic E-state index is 12.0. The van der Waals surface area contributed by atoms with Crippen molar-refractivity contribution in [3.8, 4) is 6.01 Å². The van der Waals surface area contributed by atoms with E-state index >= 15 is 0 Å². The molecule has 7 nitrogen and oxygen atoms in total. The molecule has 0 radical (unpaired) electrons. The van der Waals surface area contributed by atoms with Crippen LogP contribution < -0.4 is 4.74 Å². The van der Waals surface area contributed by atoms with Crippen molar-refractivity contribution in [2.24, 2.45) is 0 Å². The van der Waals surface area contributed by atoms with Crippen LogP contribution in [-0.4, -0.2) is 26.9 Å². The minimum absolute atomic E-state index is 0.0414. The van der Waals surface area contributed by atoms with Crippen LogP contribution in [0.4, 0.5) is 0 Å². The number of esters is 2. The predicted molar refractivity (Wildman–Crippen MR) is 66.8 cm³/mol. The van der Waals surface area contributed by atoms with Gasteiger partial charge in [-0.2, -0.15) is 9.97 Å². The van der Waals surface area contributed by atoms with Crippen molar-refractivity contribution in [1.82, 2.24) is 15.0 Å². The Kier molecular flexibility index (Phi) is 4.13. The Labute approximate surface area is 113 Å². The van der Waals surface area contributed by atoms with Crippen LogP contribution in [0.15, 0.2) is 49.8 Å². The SMILES string of the molecule is C=COC(=O)c1ccccc1C(=O)Oc1ncncn1. The maximum atomic E-state index is 12.0. The van der Waals surface area contributed by atoms with E-state index in [1.165, 1.54) is 24.8 Å². The van der Waals surface area contributed by atoms with Crippen molar-refractivity contribution in [3.63, 3.8) is 0 Å². The number of aromatic nitrogens is 3. The average molecular weight is 271 g/mol. The zero-order chi connectivity index (χ0) is 14.4. The molecule has 100 valence electrons. The molecule has 0 amide bonds. The van der Waals surface area contributed by atoms with E-state index in [0.717, 1.165) is 6.26 Å². The molecule has 0 spiro atoms. The van der Waals surface area contributed by atoms with Crippen LogP contribution in [0.1, 0.15) is 20.7 Å². The summed E-state index contributed by atoms with van der Waals surface area (Å²) in [6.07, 6.45) is 3.36. The quantitative estimate of drug-likeness (QED) is 0.612. The summed E-state index contributed by atoms with van der Waals surface area (Å²) in [5.41, 5.74) is 0.103. The molecular weight excluding hydrogens is 262 g/mol. The molecule has 1 aromatic carbocycles. The summed E-state index contributed by atoms with van der Waals surface area (Å²) in [7, 11) is 0. The highest BCUT2D eigenvalue weighted by molar-refractivity contribution is 6.03. The van der Waals surface area contributed by atoms with Crippen molar-refractivity contribution in [3.05, 3.63) is 60.9 Å².